The molecular formula is C20H15Cl2N3O5S. The van der Waals surface area contributed by atoms with Crippen molar-refractivity contribution in [3.63, 3.8) is 0 Å². The average Bonchev–Trinajstić information content (AvgIpc) is 2.71. The smallest absolute Gasteiger partial charge is 0.308 e. The highest BCUT2D eigenvalue weighted by molar-refractivity contribution is 7.90. The first kappa shape index (κ1) is 22.5. The van der Waals surface area contributed by atoms with Crippen molar-refractivity contribution in [2.24, 2.45) is 0 Å². The Morgan fingerprint density at radius 3 is 2.19 bits per heavy atom. The molecule has 160 valence electrons. The quantitative estimate of drug-likeness (QED) is 0.356. The summed E-state index contributed by atoms with van der Waals surface area (Å²) in [6, 6.07) is 15.1. The van der Waals surface area contributed by atoms with E-state index in [0.717, 1.165) is 0 Å². The number of halogens is 2. The molecule has 0 unspecified atom stereocenters. The van der Waals surface area contributed by atoms with E-state index in [1.807, 2.05) is 0 Å². The third-order valence-corrected chi connectivity index (χ3v) is 6.53. The Morgan fingerprint density at radius 2 is 1.55 bits per heavy atom. The van der Waals surface area contributed by atoms with Crippen molar-refractivity contribution < 1.29 is 18.1 Å². The van der Waals surface area contributed by atoms with Gasteiger partial charge >= 0.3 is 6.03 Å². The molecule has 0 saturated heterocycles. The summed E-state index contributed by atoms with van der Waals surface area (Å²) in [6.07, 6.45) is 0. The molecule has 0 bridgehead atoms. The number of nitro groups is 1. The Kier molecular flexibility index (Phi) is 6.79. The van der Waals surface area contributed by atoms with Crippen LogP contribution >= 0.6 is 23.2 Å². The van der Waals surface area contributed by atoms with Crippen LogP contribution in [0.25, 0.3) is 0 Å². The lowest BCUT2D eigenvalue weighted by Crippen LogP contribution is -2.19. The monoisotopic (exact) mass is 479 g/mol. The lowest BCUT2D eigenvalue weighted by molar-refractivity contribution is -0.384. The molecule has 0 saturated carbocycles. The molecule has 31 heavy (non-hydrogen) atoms. The molecular weight excluding hydrogens is 465 g/mol. The zero-order valence-electron chi connectivity index (χ0n) is 15.7. The van der Waals surface area contributed by atoms with Crippen LogP contribution in [-0.2, 0) is 15.6 Å². The Bertz CT molecular complexity index is 1270. The number of nitrogens with zero attached hydrogens (tertiary/aromatic N) is 1. The number of rotatable bonds is 6. The highest BCUT2D eigenvalue weighted by Crippen LogP contribution is 2.26. The van der Waals surface area contributed by atoms with Gasteiger partial charge in [0, 0.05) is 23.5 Å². The van der Waals surface area contributed by atoms with E-state index in [-0.39, 0.29) is 32.7 Å². The van der Waals surface area contributed by atoms with Crippen LogP contribution in [0, 0.1) is 10.1 Å². The number of nitro benzene ring substituents is 1. The van der Waals surface area contributed by atoms with Crippen molar-refractivity contribution in [3.05, 3.63) is 92.5 Å². The number of urea groups is 1. The summed E-state index contributed by atoms with van der Waals surface area (Å²) >= 11 is 11.8. The van der Waals surface area contributed by atoms with Crippen LogP contribution in [0.15, 0.2) is 71.6 Å². The van der Waals surface area contributed by atoms with Crippen LogP contribution in [0.4, 0.5) is 21.9 Å². The number of hydrogen-bond acceptors (Lipinski definition) is 5. The van der Waals surface area contributed by atoms with Crippen LogP contribution in [0.5, 0.6) is 0 Å². The fraction of sp³-hybridized carbons (Fsp3) is 0.0500. The normalized spacial score (nSPS) is 11.0. The fourth-order valence-electron chi connectivity index (χ4n) is 2.69. The summed E-state index contributed by atoms with van der Waals surface area (Å²) in [5.74, 6) is -0.298. The average molecular weight is 480 g/mol. The number of hydrogen-bond donors (Lipinski definition) is 2. The molecule has 2 amide bonds. The Morgan fingerprint density at radius 1 is 0.903 bits per heavy atom. The van der Waals surface area contributed by atoms with Crippen molar-refractivity contribution in [2.75, 3.05) is 10.6 Å². The molecule has 0 aliphatic rings. The molecule has 0 heterocycles. The molecule has 3 rings (SSSR count). The number of carbonyl (C=O) groups excluding carboxylic acids is 1. The molecule has 8 nitrogen and oxygen atoms in total. The molecule has 0 aliphatic heterocycles. The number of benzene rings is 3. The van der Waals surface area contributed by atoms with Crippen LogP contribution in [-0.4, -0.2) is 19.4 Å². The van der Waals surface area contributed by atoms with Crippen molar-refractivity contribution >= 4 is 56.1 Å². The summed E-state index contributed by atoms with van der Waals surface area (Å²) in [4.78, 5) is 22.5. The van der Waals surface area contributed by atoms with Gasteiger partial charge in [-0.05, 0) is 42.0 Å². The van der Waals surface area contributed by atoms with Crippen LogP contribution in [0.3, 0.4) is 0 Å². The number of amides is 2. The van der Waals surface area contributed by atoms with E-state index < -0.39 is 20.8 Å². The molecule has 0 fully saturated rings. The lowest BCUT2D eigenvalue weighted by atomic mass is 10.2. The first-order chi connectivity index (χ1) is 14.6. The highest BCUT2D eigenvalue weighted by Gasteiger charge is 2.17. The van der Waals surface area contributed by atoms with Gasteiger partial charge in [-0.1, -0.05) is 41.4 Å². The molecule has 11 heteroatoms. The molecule has 0 radical (unpaired) electrons. The number of sulfone groups is 1. The standard InChI is InChI=1S/C20H15Cl2N3O5S/c21-18-8-7-13(9-19(18)22)12-31(29,30)17-6-2-4-15(11-17)24-20(26)23-14-3-1-5-16(10-14)25(27)28/h1-11H,12H2,(H2,23,24,26). The first-order valence-corrected chi connectivity index (χ1v) is 11.1. The van der Waals surface area contributed by atoms with Crippen LogP contribution in [0.2, 0.25) is 10.0 Å². The Hall–Kier alpha value is -3.14. The van der Waals surface area contributed by atoms with Gasteiger partial charge in [-0.15, -0.1) is 0 Å². The van der Waals surface area contributed by atoms with Gasteiger partial charge in [-0.2, -0.15) is 0 Å². The minimum atomic E-state index is -3.72. The van der Waals surface area contributed by atoms with Gasteiger partial charge in [-0.3, -0.25) is 10.1 Å². The summed E-state index contributed by atoms with van der Waals surface area (Å²) in [7, 11) is -3.72. The predicted molar refractivity (Wildman–Crippen MR) is 120 cm³/mol. The van der Waals surface area contributed by atoms with Gasteiger partial charge in [0.25, 0.3) is 5.69 Å². The second-order valence-corrected chi connectivity index (χ2v) is 9.23. The van der Waals surface area contributed by atoms with Crippen molar-refractivity contribution in [1.82, 2.24) is 0 Å². The minimum absolute atomic E-state index is 0.00622. The van der Waals surface area contributed by atoms with Gasteiger partial charge in [0.1, 0.15) is 0 Å². The molecule has 0 atom stereocenters. The maximum atomic E-state index is 12.8. The molecule has 0 aromatic heterocycles. The van der Waals surface area contributed by atoms with Gasteiger partial charge in [0.05, 0.1) is 25.6 Å². The number of anilines is 2. The zero-order valence-corrected chi connectivity index (χ0v) is 18.0. The van der Waals surface area contributed by atoms with Gasteiger partial charge in [0.2, 0.25) is 0 Å². The second kappa shape index (κ2) is 9.34. The first-order valence-electron chi connectivity index (χ1n) is 8.73. The van der Waals surface area contributed by atoms with E-state index in [0.29, 0.717) is 10.6 Å². The van der Waals surface area contributed by atoms with Gasteiger partial charge < -0.3 is 10.6 Å². The molecule has 0 aliphatic carbocycles. The maximum absolute atomic E-state index is 12.8. The number of non-ortho nitro benzene ring substituents is 1. The van der Waals surface area contributed by atoms with E-state index in [9.17, 15) is 23.3 Å². The van der Waals surface area contributed by atoms with Crippen molar-refractivity contribution in [3.8, 4) is 0 Å². The summed E-state index contributed by atoms with van der Waals surface area (Å²) in [5, 5.41) is 16.4. The van der Waals surface area contributed by atoms with E-state index in [1.165, 1.54) is 60.7 Å². The predicted octanol–water partition coefficient (Wildman–Crippen LogP) is 5.52. The Labute approximate surface area is 187 Å². The summed E-state index contributed by atoms with van der Waals surface area (Å²) in [6.45, 7) is 0. The largest absolute Gasteiger partial charge is 0.323 e. The lowest BCUT2D eigenvalue weighted by Gasteiger charge is -2.10. The SMILES string of the molecule is O=C(Nc1cccc([N+](=O)[O-])c1)Nc1cccc(S(=O)(=O)Cc2ccc(Cl)c(Cl)c2)c1. The van der Waals surface area contributed by atoms with E-state index in [2.05, 4.69) is 10.6 Å². The van der Waals surface area contributed by atoms with E-state index in [4.69, 9.17) is 23.2 Å². The second-order valence-electron chi connectivity index (χ2n) is 6.42. The van der Waals surface area contributed by atoms with Crippen LogP contribution in [0.1, 0.15) is 5.56 Å². The van der Waals surface area contributed by atoms with Crippen molar-refractivity contribution in [2.45, 2.75) is 10.6 Å². The van der Waals surface area contributed by atoms with Gasteiger partial charge in [0.15, 0.2) is 9.84 Å². The summed E-state index contributed by atoms with van der Waals surface area (Å²) in [5.41, 5.74) is 0.748. The minimum Gasteiger partial charge on any atom is -0.308 e. The van der Waals surface area contributed by atoms with Crippen LogP contribution < -0.4 is 10.6 Å². The highest BCUT2D eigenvalue weighted by atomic mass is 35.5. The Balaban J connectivity index is 1.73. The molecule has 2 N–H and O–H groups in total. The number of nitrogens with one attached hydrogen (secondary N) is 2. The molecule has 3 aromatic rings. The third-order valence-electron chi connectivity index (χ3n) is 4.11. The van der Waals surface area contributed by atoms with E-state index in [1.54, 1.807) is 6.07 Å². The zero-order chi connectivity index (χ0) is 22.6. The molecule has 3 aromatic carbocycles. The van der Waals surface area contributed by atoms with E-state index >= 15 is 0 Å². The van der Waals surface area contributed by atoms with Gasteiger partial charge in [-0.25, -0.2) is 13.2 Å². The number of carbonyl (C=O) groups is 1. The fourth-order valence-corrected chi connectivity index (χ4v) is 4.39. The summed E-state index contributed by atoms with van der Waals surface area (Å²) < 4.78 is 25.5. The molecule has 0 spiro atoms. The maximum Gasteiger partial charge on any atom is 0.323 e. The topological polar surface area (TPSA) is 118 Å². The third kappa shape index (κ3) is 5.94. The van der Waals surface area contributed by atoms with Crippen molar-refractivity contribution in [1.29, 1.82) is 0 Å².